The lowest BCUT2D eigenvalue weighted by atomic mass is 10.1. The molecule has 0 saturated heterocycles. The monoisotopic (exact) mass is 463 g/mol. The fraction of sp³-hybridized carbons (Fsp3) is 0.706. The van der Waals surface area contributed by atoms with Crippen molar-refractivity contribution in [2.75, 3.05) is 25.2 Å². The van der Waals surface area contributed by atoms with Gasteiger partial charge in [0.1, 0.15) is 18.1 Å². The van der Waals surface area contributed by atoms with Gasteiger partial charge in [0.25, 0.3) is 0 Å². The summed E-state index contributed by atoms with van der Waals surface area (Å²) in [6.07, 6.45) is 2.72. The van der Waals surface area contributed by atoms with Crippen LogP contribution in [0.2, 0.25) is 0 Å². The highest BCUT2D eigenvalue weighted by Crippen LogP contribution is 2.02. The number of hydrogen-bond donors (Lipinski definition) is 8. The molecule has 0 spiro atoms. The maximum absolute atomic E-state index is 12.3. The van der Waals surface area contributed by atoms with Crippen LogP contribution in [-0.2, 0) is 19.2 Å². The van der Waals surface area contributed by atoms with Crippen molar-refractivity contribution in [3.8, 4) is 0 Å². The number of amides is 3. The average Bonchev–Trinajstić information content (AvgIpc) is 2.71. The zero-order valence-electron chi connectivity index (χ0n) is 17.7. The molecule has 0 radical (unpaired) electrons. The molecule has 11 N–H and O–H groups in total. The molecular formula is C17H33N7O6S. The first-order valence-electron chi connectivity index (χ1n) is 9.58. The van der Waals surface area contributed by atoms with E-state index in [1.165, 1.54) is 18.7 Å². The highest BCUT2D eigenvalue weighted by atomic mass is 32.2. The molecule has 4 unspecified atom stereocenters. The third kappa shape index (κ3) is 12.0. The summed E-state index contributed by atoms with van der Waals surface area (Å²) in [4.78, 5) is 51.6. The standard InChI is InChI=1S/C17H33N7O6S/c1-9(22-14(27)10(18)4-3-6-21-17(19)20)13(26)24-12(8-25)15(28)23-11(16(29)30)5-7-31-2/h9-12,25H,3-8,18H2,1-2H3,(H,22,27)(H,23,28)(H,24,26)(H,29,30)(H4,19,20,21). The highest BCUT2D eigenvalue weighted by Gasteiger charge is 2.28. The Kier molecular flexibility index (Phi) is 14.0. The molecule has 0 heterocycles. The van der Waals surface area contributed by atoms with Crippen LogP contribution in [0.4, 0.5) is 0 Å². The third-order valence-corrected chi connectivity index (χ3v) is 4.74. The van der Waals surface area contributed by atoms with Crippen LogP contribution in [-0.4, -0.2) is 89.2 Å². The smallest absolute Gasteiger partial charge is 0.326 e. The van der Waals surface area contributed by atoms with E-state index < -0.39 is 54.5 Å². The lowest BCUT2D eigenvalue weighted by Crippen LogP contribution is -2.57. The molecule has 178 valence electrons. The van der Waals surface area contributed by atoms with Crippen LogP contribution >= 0.6 is 11.8 Å². The van der Waals surface area contributed by atoms with E-state index in [-0.39, 0.29) is 18.8 Å². The number of carbonyl (C=O) groups is 4. The minimum Gasteiger partial charge on any atom is -0.480 e. The van der Waals surface area contributed by atoms with Crippen LogP contribution in [0.5, 0.6) is 0 Å². The number of carbonyl (C=O) groups excluding carboxylic acids is 3. The van der Waals surface area contributed by atoms with Gasteiger partial charge in [0, 0.05) is 6.54 Å². The fourth-order valence-electron chi connectivity index (χ4n) is 2.29. The Morgan fingerprint density at radius 2 is 1.61 bits per heavy atom. The van der Waals surface area contributed by atoms with E-state index >= 15 is 0 Å². The predicted octanol–water partition coefficient (Wildman–Crippen LogP) is -3.33. The first kappa shape index (κ1) is 28.4. The molecule has 3 amide bonds. The number of guanidine groups is 1. The van der Waals surface area contributed by atoms with Crippen LogP contribution in [0, 0.1) is 0 Å². The molecule has 0 bridgehead atoms. The number of aliphatic hydroxyl groups is 1. The van der Waals surface area contributed by atoms with Gasteiger partial charge in [-0.1, -0.05) is 0 Å². The molecule has 0 aromatic rings. The summed E-state index contributed by atoms with van der Waals surface area (Å²) in [5.74, 6) is -2.96. The molecule has 13 nitrogen and oxygen atoms in total. The van der Waals surface area contributed by atoms with Gasteiger partial charge in [-0.15, -0.1) is 0 Å². The van der Waals surface area contributed by atoms with Crippen molar-refractivity contribution in [3.63, 3.8) is 0 Å². The van der Waals surface area contributed by atoms with Gasteiger partial charge in [0.2, 0.25) is 17.7 Å². The van der Waals surface area contributed by atoms with Gasteiger partial charge in [-0.05, 0) is 38.2 Å². The number of nitrogens with two attached hydrogens (primary N) is 3. The van der Waals surface area contributed by atoms with E-state index in [1.54, 1.807) is 6.26 Å². The van der Waals surface area contributed by atoms with Crippen molar-refractivity contribution >= 4 is 41.4 Å². The van der Waals surface area contributed by atoms with Crippen molar-refractivity contribution in [1.29, 1.82) is 0 Å². The number of aliphatic imine (C=N–C) groups is 1. The van der Waals surface area contributed by atoms with Crippen LogP contribution in [0.15, 0.2) is 4.99 Å². The van der Waals surface area contributed by atoms with Crippen LogP contribution in [0.1, 0.15) is 26.2 Å². The van der Waals surface area contributed by atoms with E-state index in [9.17, 15) is 29.4 Å². The molecule has 0 aliphatic carbocycles. The summed E-state index contributed by atoms with van der Waals surface area (Å²) in [7, 11) is 0. The van der Waals surface area contributed by atoms with Gasteiger partial charge in [-0.3, -0.25) is 19.4 Å². The second-order valence-corrected chi connectivity index (χ2v) is 7.70. The van der Waals surface area contributed by atoms with Crippen LogP contribution in [0.3, 0.4) is 0 Å². The number of thioether (sulfide) groups is 1. The SMILES string of the molecule is CSCCC(NC(=O)C(CO)NC(=O)C(C)NC(=O)C(N)CCCN=C(N)N)C(=O)O. The van der Waals surface area contributed by atoms with Crippen molar-refractivity contribution in [2.45, 2.75) is 50.4 Å². The molecule has 0 aromatic heterocycles. The summed E-state index contributed by atoms with van der Waals surface area (Å²) < 4.78 is 0. The zero-order chi connectivity index (χ0) is 24.0. The zero-order valence-corrected chi connectivity index (χ0v) is 18.5. The van der Waals surface area contributed by atoms with Gasteiger partial charge < -0.3 is 43.4 Å². The molecule has 14 heteroatoms. The minimum atomic E-state index is -1.38. The topological polar surface area (TPSA) is 235 Å². The van der Waals surface area contributed by atoms with Crippen LogP contribution in [0.25, 0.3) is 0 Å². The Hall–Kier alpha value is -2.58. The molecule has 0 fully saturated rings. The lowest BCUT2D eigenvalue weighted by molar-refractivity contribution is -0.142. The van der Waals surface area contributed by atoms with Gasteiger partial charge in [-0.2, -0.15) is 11.8 Å². The largest absolute Gasteiger partial charge is 0.480 e. The molecule has 0 rings (SSSR count). The molecule has 4 atom stereocenters. The summed E-state index contributed by atoms with van der Waals surface area (Å²) in [6.45, 7) is 0.933. The average molecular weight is 464 g/mol. The first-order chi connectivity index (χ1) is 14.5. The van der Waals surface area contributed by atoms with E-state index in [0.717, 1.165) is 0 Å². The Balaban J connectivity index is 4.68. The van der Waals surface area contributed by atoms with Gasteiger partial charge in [0.05, 0.1) is 12.6 Å². The molecule has 0 aliphatic heterocycles. The summed E-state index contributed by atoms with van der Waals surface area (Å²) >= 11 is 1.42. The lowest BCUT2D eigenvalue weighted by Gasteiger charge is -2.22. The number of carboxylic acids is 1. The van der Waals surface area contributed by atoms with E-state index in [1.807, 2.05) is 0 Å². The molecule has 0 aromatic carbocycles. The molecule has 31 heavy (non-hydrogen) atoms. The van der Waals surface area contributed by atoms with Crippen molar-refractivity contribution in [1.82, 2.24) is 16.0 Å². The minimum absolute atomic E-state index is 0.0651. The number of hydrogen-bond acceptors (Lipinski definition) is 8. The quantitative estimate of drug-likeness (QED) is 0.0683. The number of nitrogens with one attached hydrogen (secondary N) is 3. The molecule has 0 aliphatic rings. The Morgan fingerprint density at radius 3 is 2.13 bits per heavy atom. The van der Waals surface area contributed by atoms with Crippen LogP contribution < -0.4 is 33.2 Å². The predicted molar refractivity (Wildman–Crippen MR) is 117 cm³/mol. The number of rotatable bonds is 15. The summed E-state index contributed by atoms with van der Waals surface area (Å²) in [5.41, 5.74) is 16.2. The maximum atomic E-state index is 12.3. The first-order valence-corrected chi connectivity index (χ1v) is 11.0. The summed E-state index contributed by atoms with van der Waals surface area (Å²) in [6, 6.07) is -4.48. The Morgan fingerprint density at radius 1 is 1.00 bits per heavy atom. The number of aliphatic hydroxyl groups excluding tert-OH is 1. The second kappa shape index (κ2) is 15.3. The van der Waals surface area contributed by atoms with Crippen molar-refractivity contribution in [3.05, 3.63) is 0 Å². The Bertz CT molecular complexity index is 644. The molecular weight excluding hydrogens is 430 g/mol. The normalized spacial score (nSPS) is 14.5. The number of aliphatic carboxylic acids is 1. The van der Waals surface area contributed by atoms with E-state index in [0.29, 0.717) is 18.7 Å². The van der Waals surface area contributed by atoms with Crippen molar-refractivity contribution < 1.29 is 29.4 Å². The van der Waals surface area contributed by atoms with E-state index in [2.05, 4.69) is 20.9 Å². The Labute approximate surface area is 185 Å². The maximum Gasteiger partial charge on any atom is 0.326 e. The van der Waals surface area contributed by atoms with Crippen molar-refractivity contribution in [2.24, 2.45) is 22.2 Å². The number of nitrogens with zero attached hydrogens (tertiary/aromatic N) is 1. The summed E-state index contributed by atoms with van der Waals surface area (Å²) in [5, 5.41) is 25.6. The second-order valence-electron chi connectivity index (χ2n) is 6.71. The highest BCUT2D eigenvalue weighted by molar-refractivity contribution is 7.98. The van der Waals surface area contributed by atoms with Gasteiger partial charge in [-0.25, -0.2) is 4.79 Å². The van der Waals surface area contributed by atoms with Gasteiger partial charge >= 0.3 is 5.97 Å². The number of carboxylic acid groups (broad SMARTS) is 1. The molecule has 0 saturated carbocycles. The van der Waals surface area contributed by atoms with E-state index in [4.69, 9.17) is 17.2 Å². The third-order valence-electron chi connectivity index (χ3n) is 4.10. The van der Waals surface area contributed by atoms with Gasteiger partial charge in [0.15, 0.2) is 5.96 Å². The fourth-order valence-corrected chi connectivity index (χ4v) is 2.76.